The van der Waals surface area contributed by atoms with Gasteiger partial charge in [0.05, 0.1) is 11.8 Å². The van der Waals surface area contributed by atoms with Crippen LogP contribution in [0.25, 0.3) is 0 Å². The summed E-state index contributed by atoms with van der Waals surface area (Å²) in [4.78, 5) is 0. The Kier molecular flexibility index (Phi) is 2.12. The van der Waals surface area contributed by atoms with Crippen LogP contribution in [0, 0.1) is 0 Å². The minimum absolute atomic E-state index is 0.0406. The fraction of sp³-hybridized carbons (Fsp3) is 0.571. The van der Waals surface area contributed by atoms with E-state index >= 15 is 0 Å². The first-order chi connectivity index (χ1) is 5.41. The Hall–Kier alpha value is -1.00. The van der Waals surface area contributed by atoms with Crippen molar-refractivity contribution in [2.75, 3.05) is 0 Å². The molecule has 0 aliphatic rings. The maximum atomic E-state index is 12.0. The van der Waals surface area contributed by atoms with Crippen molar-refractivity contribution in [1.82, 2.24) is 9.78 Å². The van der Waals surface area contributed by atoms with E-state index in [2.05, 4.69) is 5.10 Å². The van der Waals surface area contributed by atoms with E-state index in [4.69, 9.17) is 0 Å². The van der Waals surface area contributed by atoms with Gasteiger partial charge in [-0.1, -0.05) is 0 Å². The Balaban J connectivity index is 2.92. The Labute approximate surface area is 68.0 Å². The van der Waals surface area contributed by atoms with Crippen LogP contribution in [-0.2, 0) is 6.18 Å². The van der Waals surface area contributed by atoms with Crippen molar-refractivity contribution >= 4 is 0 Å². The molecule has 0 unspecified atom stereocenters. The van der Waals surface area contributed by atoms with Crippen molar-refractivity contribution in [3.05, 3.63) is 18.0 Å². The van der Waals surface area contributed by atoms with Gasteiger partial charge >= 0.3 is 6.18 Å². The molecular formula is C7H9F3N2. The van der Waals surface area contributed by atoms with Gasteiger partial charge < -0.3 is 0 Å². The van der Waals surface area contributed by atoms with Crippen molar-refractivity contribution < 1.29 is 13.2 Å². The average molecular weight is 178 g/mol. The molecule has 5 heteroatoms. The predicted molar refractivity (Wildman–Crippen MR) is 37.6 cm³/mol. The molecule has 68 valence electrons. The molecule has 12 heavy (non-hydrogen) atoms. The molecule has 1 aromatic heterocycles. The van der Waals surface area contributed by atoms with Gasteiger partial charge in [0.15, 0.2) is 0 Å². The molecule has 0 amide bonds. The normalized spacial score (nSPS) is 12.5. The summed E-state index contributed by atoms with van der Waals surface area (Å²) in [6.07, 6.45) is -2.45. The molecule has 0 radical (unpaired) electrons. The molecule has 1 aromatic rings. The van der Waals surface area contributed by atoms with Gasteiger partial charge in [-0.25, -0.2) is 0 Å². The third kappa shape index (κ3) is 1.78. The van der Waals surface area contributed by atoms with E-state index in [1.165, 1.54) is 4.68 Å². The molecule has 0 saturated heterocycles. The van der Waals surface area contributed by atoms with Crippen LogP contribution in [-0.4, -0.2) is 9.78 Å². The van der Waals surface area contributed by atoms with Crippen LogP contribution in [0.5, 0.6) is 0 Å². The van der Waals surface area contributed by atoms with Crippen LogP contribution in [0.4, 0.5) is 13.2 Å². The van der Waals surface area contributed by atoms with E-state index in [0.717, 1.165) is 12.4 Å². The molecule has 0 aliphatic carbocycles. The number of halogens is 3. The number of nitrogens with zero attached hydrogens (tertiary/aromatic N) is 2. The lowest BCUT2D eigenvalue weighted by molar-refractivity contribution is -0.137. The first-order valence-electron chi connectivity index (χ1n) is 3.52. The minimum Gasteiger partial charge on any atom is -0.270 e. The smallest absolute Gasteiger partial charge is 0.270 e. The SMILES string of the molecule is CC(C)n1cc(C(F)(F)F)cn1. The maximum absolute atomic E-state index is 12.0. The Morgan fingerprint density at radius 1 is 1.42 bits per heavy atom. The third-order valence-electron chi connectivity index (χ3n) is 1.46. The summed E-state index contributed by atoms with van der Waals surface area (Å²) in [7, 11) is 0. The lowest BCUT2D eigenvalue weighted by atomic mass is 10.3. The van der Waals surface area contributed by atoms with E-state index in [1.54, 1.807) is 13.8 Å². The summed E-state index contributed by atoms with van der Waals surface area (Å²) in [5.41, 5.74) is -0.698. The molecule has 0 bridgehead atoms. The second-order valence-electron chi connectivity index (χ2n) is 2.80. The Bertz CT molecular complexity index is 262. The molecule has 0 saturated carbocycles. The van der Waals surface area contributed by atoms with E-state index < -0.39 is 11.7 Å². The highest BCUT2D eigenvalue weighted by Gasteiger charge is 2.32. The summed E-state index contributed by atoms with van der Waals surface area (Å²) >= 11 is 0. The van der Waals surface area contributed by atoms with E-state index in [0.29, 0.717) is 0 Å². The van der Waals surface area contributed by atoms with Crippen LogP contribution in [0.2, 0.25) is 0 Å². The highest BCUT2D eigenvalue weighted by molar-refractivity contribution is 5.08. The monoisotopic (exact) mass is 178 g/mol. The van der Waals surface area contributed by atoms with Crippen molar-refractivity contribution in [2.45, 2.75) is 26.1 Å². The van der Waals surface area contributed by atoms with Crippen molar-refractivity contribution in [3.63, 3.8) is 0 Å². The highest BCUT2D eigenvalue weighted by atomic mass is 19.4. The zero-order chi connectivity index (χ0) is 9.35. The molecule has 0 atom stereocenters. The molecule has 0 aromatic carbocycles. The number of aromatic nitrogens is 2. The first-order valence-corrected chi connectivity index (χ1v) is 3.52. The first kappa shape index (κ1) is 9.09. The average Bonchev–Trinajstić information content (AvgIpc) is 2.30. The summed E-state index contributed by atoms with van der Waals surface area (Å²) in [5, 5.41) is 3.58. The fourth-order valence-corrected chi connectivity index (χ4v) is 0.767. The summed E-state index contributed by atoms with van der Waals surface area (Å²) in [5.74, 6) is 0. The standard InChI is InChI=1S/C7H9F3N2/c1-5(2)12-4-6(3-11-12)7(8,9)10/h3-5H,1-2H3. The minimum atomic E-state index is -4.28. The zero-order valence-electron chi connectivity index (χ0n) is 6.76. The number of alkyl halides is 3. The number of rotatable bonds is 1. The maximum Gasteiger partial charge on any atom is 0.419 e. The second-order valence-corrected chi connectivity index (χ2v) is 2.80. The van der Waals surface area contributed by atoms with Crippen molar-refractivity contribution in [2.24, 2.45) is 0 Å². The quantitative estimate of drug-likeness (QED) is 0.646. The molecule has 0 aliphatic heterocycles. The second kappa shape index (κ2) is 2.80. The lowest BCUT2D eigenvalue weighted by Gasteiger charge is -2.04. The van der Waals surface area contributed by atoms with Gasteiger partial charge in [0.25, 0.3) is 0 Å². The molecule has 0 N–H and O–H groups in total. The lowest BCUT2D eigenvalue weighted by Crippen LogP contribution is -2.04. The van der Waals surface area contributed by atoms with Gasteiger partial charge in [0, 0.05) is 12.2 Å². The molecular weight excluding hydrogens is 169 g/mol. The predicted octanol–water partition coefficient (Wildman–Crippen LogP) is 2.48. The highest BCUT2D eigenvalue weighted by Crippen LogP contribution is 2.28. The summed E-state index contributed by atoms with van der Waals surface area (Å²) in [6, 6.07) is -0.0406. The van der Waals surface area contributed by atoms with Gasteiger partial charge in [-0.05, 0) is 13.8 Å². The van der Waals surface area contributed by atoms with Crippen LogP contribution >= 0.6 is 0 Å². The van der Waals surface area contributed by atoms with Crippen LogP contribution in [0.1, 0.15) is 25.5 Å². The van der Waals surface area contributed by atoms with Crippen molar-refractivity contribution in [1.29, 1.82) is 0 Å². The molecule has 0 spiro atoms. The molecule has 2 nitrogen and oxygen atoms in total. The summed E-state index contributed by atoms with van der Waals surface area (Å²) in [6.45, 7) is 3.54. The van der Waals surface area contributed by atoms with Gasteiger partial charge in [-0.2, -0.15) is 18.3 Å². The van der Waals surface area contributed by atoms with Gasteiger partial charge in [0.1, 0.15) is 0 Å². The van der Waals surface area contributed by atoms with Crippen molar-refractivity contribution in [3.8, 4) is 0 Å². The molecule has 1 heterocycles. The van der Waals surface area contributed by atoms with E-state index in [9.17, 15) is 13.2 Å². The molecule has 1 rings (SSSR count). The van der Waals surface area contributed by atoms with E-state index in [1.807, 2.05) is 0 Å². The number of hydrogen-bond donors (Lipinski definition) is 0. The Morgan fingerprint density at radius 3 is 2.25 bits per heavy atom. The fourth-order valence-electron chi connectivity index (χ4n) is 0.767. The summed E-state index contributed by atoms with van der Waals surface area (Å²) < 4.78 is 37.3. The number of hydrogen-bond acceptors (Lipinski definition) is 1. The largest absolute Gasteiger partial charge is 0.419 e. The van der Waals surface area contributed by atoms with Crippen LogP contribution in [0.3, 0.4) is 0 Å². The van der Waals surface area contributed by atoms with Crippen LogP contribution < -0.4 is 0 Å². The van der Waals surface area contributed by atoms with E-state index in [-0.39, 0.29) is 6.04 Å². The van der Waals surface area contributed by atoms with Gasteiger partial charge in [-0.15, -0.1) is 0 Å². The van der Waals surface area contributed by atoms with Gasteiger partial charge in [0.2, 0.25) is 0 Å². The van der Waals surface area contributed by atoms with Gasteiger partial charge in [-0.3, -0.25) is 4.68 Å². The zero-order valence-corrected chi connectivity index (χ0v) is 6.76. The molecule has 0 fully saturated rings. The topological polar surface area (TPSA) is 17.8 Å². The third-order valence-corrected chi connectivity index (χ3v) is 1.46. The Morgan fingerprint density at radius 2 is 2.00 bits per heavy atom. The van der Waals surface area contributed by atoms with Crippen LogP contribution in [0.15, 0.2) is 12.4 Å².